The fourth-order valence-electron chi connectivity index (χ4n) is 2.29. The van der Waals surface area contributed by atoms with E-state index in [0.717, 1.165) is 4.47 Å². The number of benzene rings is 1. The second kappa shape index (κ2) is 4.91. The smallest absolute Gasteiger partial charge is 0.244 e. The van der Waals surface area contributed by atoms with Gasteiger partial charge < -0.3 is 5.32 Å². The minimum absolute atomic E-state index is 0.244. The predicted octanol–water partition coefficient (Wildman–Crippen LogP) is 3.98. The van der Waals surface area contributed by atoms with Gasteiger partial charge in [-0.15, -0.1) is 0 Å². The van der Waals surface area contributed by atoms with Gasteiger partial charge in [0, 0.05) is 9.50 Å². The maximum absolute atomic E-state index is 12.2. The minimum atomic E-state index is -0.874. The zero-order valence-corrected chi connectivity index (χ0v) is 12.2. The molecule has 94 valence electrons. The number of nitriles is 1. The van der Waals surface area contributed by atoms with Crippen molar-refractivity contribution < 1.29 is 4.79 Å². The lowest BCUT2D eigenvalue weighted by atomic mass is 9.63. The summed E-state index contributed by atoms with van der Waals surface area (Å²) in [4.78, 5) is 12.2. The van der Waals surface area contributed by atoms with Gasteiger partial charge >= 0.3 is 0 Å². The molecule has 1 N–H and O–H groups in total. The molecule has 0 heterocycles. The van der Waals surface area contributed by atoms with Crippen molar-refractivity contribution in [2.75, 3.05) is 5.32 Å². The van der Waals surface area contributed by atoms with Gasteiger partial charge in [0.1, 0.15) is 5.41 Å². The molecule has 0 aromatic heterocycles. The van der Waals surface area contributed by atoms with Gasteiger partial charge in [-0.1, -0.05) is 18.5 Å². The number of carbonyl (C=O) groups is 1. The van der Waals surface area contributed by atoms with E-state index >= 15 is 0 Å². The Kier molecular flexibility index (Phi) is 3.65. The summed E-state index contributed by atoms with van der Waals surface area (Å²) >= 11 is 9.23. The molecule has 2 rings (SSSR count). The molecule has 1 saturated carbocycles. The molecule has 1 aliphatic rings. The number of nitrogens with zero attached hydrogens (tertiary/aromatic N) is 1. The lowest BCUT2D eigenvalue weighted by Crippen LogP contribution is -2.45. The van der Waals surface area contributed by atoms with E-state index in [0.29, 0.717) is 29.5 Å². The molecular formula is C13H12BrClN2O. The van der Waals surface area contributed by atoms with Crippen LogP contribution in [-0.4, -0.2) is 5.91 Å². The van der Waals surface area contributed by atoms with Crippen molar-refractivity contribution in [1.29, 1.82) is 5.26 Å². The topological polar surface area (TPSA) is 52.9 Å². The standard InChI is InChI=1S/C13H12BrClN2O/c1-8-5-13(6-8,7-16)12(18)17-11-4-9(15)2-3-10(11)14/h2-4,8H,5-6H2,1H3,(H,17,18). The second-order valence-corrected chi connectivity index (χ2v) is 6.08. The molecule has 1 fully saturated rings. The Labute approximate surface area is 119 Å². The van der Waals surface area contributed by atoms with E-state index in [-0.39, 0.29) is 5.91 Å². The van der Waals surface area contributed by atoms with E-state index in [9.17, 15) is 10.1 Å². The molecule has 0 radical (unpaired) electrons. The van der Waals surface area contributed by atoms with Crippen LogP contribution < -0.4 is 5.32 Å². The van der Waals surface area contributed by atoms with Crippen LogP contribution in [0.25, 0.3) is 0 Å². The molecule has 5 heteroatoms. The highest BCUT2D eigenvalue weighted by Gasteiger charge is 2.49. The van der Waals surface area contributed by atoms with Gasteiger partial charge in [-0.3, -0.25) is 4.79 Å². The van der Waals surface area contributed by atoms with Gasteiger partial charge in [0.2, 0.25) is 5.91 Å². The number of hydrogen-bond donors (Lipinski definition) is 1. The maximum atomic E-state index is 12.2. The molecule has 0 unspecified atom stereocenters. The Bertz CT molecular complexity index is 532. The summed E-state index contributed by atoms with van der Waals surface area (Å²) in [5.74, 6) is 0.185. The van der Waals surface area contributed by atoms with Crippen LogP contribution in [0.5, 0.6) is 0 Å². The van der Waals surface area contributed by atoms with E-state index in [1.54, 1.807) is 18.2 Å². The van der Waals surface area contributed by atoms with Crippen molar-refractivity contribution in [2.45, 2.75) is 19.8 Å². The second-order valence-electron chi connectivity index (χ2n) is 4.79. The largest absolute Gasteiger partial charge is 0.324 e. The van der Waals surface area contributed by atoms with Crippen molar-refractivity contribution in [2.24, 2.45) is 11.3 Å². The van der Waals surface area contributed by atoms with Gasteiger partial charge in [0.05, 0.1) is 11.8 Å². The first-order valence-corrected chi connectivity index (χ1v) is 6.82. The van der Waals surface area contributed by atoms with Crippen LogP contribution in [0.3, 0.4) is 0 Å². The van der Waals surface area contributed by atoms with Gasteiger partial charge in [-0.05, 0) is 52.9 Å². The zero-order valence-electron chi connectivity index (χ0n) is 9.84. The Balaban J connectivity index is 2.17. The molecule has 3 nitrogen and oxygen atoms in total. The first-order chi connectivity index (χ1) is 8.47. The molecule has 0 saturated heterocycles. The average molecular weight is 328 g/mol. The lowest BCUT2D eigenvalue weighted by Gasteiger charge is -2.39. The maximum Gasteiger partial charge on any atom is 0.244 e. The fraction of sp³-hybridized carbons (Fsp3) is 0.385. The third kappa shape index (κ3) is 2.38. The quantitative estimate of drug-likeness (QED) is 0.893. The number of carbonyl (C=O) groups excluding carboxylic acids is 1. The predicted molar refractivity (Wildman–Crippen MR) is 74.2 cm³/mol. The fourth-order valence-corrected chi connectivity index (χ4v) is 2.81. The normalized spacial score (nSPS) is 26.0. The van der Waals surface area contributed by atoms with Crippen LogP contribution in [0.15, 0.2) is 22.7 Å². The average Bonchev–Trinajstić information content (AvgIpc) is 2.29. The number of anilines is 1. The third-order valence-corrected chi connectivity index (χ3v) is 4.15. The third-order valence-electron chi connectivity index (χ3n) is 3.22. The van der Waals surface area contributed by atoms with Crippen LogP contribution in [0.2, 0.25) is 5.02 Å². The van der Waals surface area contributed by atoms with Gasteiger partial charge in [-0.25, -0.2) is 0 Å². The Morgan fingerprint density at radius 2 is 2.28 bits per heavy atom. The van der Waals surface area contributed by atoms with Crippen LogP contribution in [0.1, 0.15) is 19.8 Å². The molecule has 0 bridgehead atoms. The highest BCUT2D eigenvalue weighted by atomic mass is 79.9. The highest BCUT2D eigenvalue weighted by molar-refractivity contribution is 9.10. The molecule has 1 aliphatic carbocycles. The lowest BCUT2D eigenvalue weighted by molar-refractivity contribution is -0.128. The summed E-state index contributed by atoms with van der Waals surface area (Å²) in [6.45, 7) is 2.04. The van der Waals surface area contributed by atoms with Gasteiger partial charge in [0.15, 0.2) is 0 Å². The summed E-state index contributed by atoms with van der Waals surface area (Å²) in [6.07, 6.45) is 1.24. The summed E-state index contributed by atoms with van der Waals surface area (Å²) in [7, 11) is 0. The Morgan fingerprint density at radius 1 is 1.61 bits per heavy atom. The number of nitrogens with one attached hydrogen (secondary N) is 1. The summed E-state index contributed by atoms with van der Waals surface area (Å²) in [6, 6.07) is 7.30. The summed E-state index contributed by atoms with van der Waals surface area (Å²) < 4.78 is 0.751. The van der Waals surface area contributed by atoms with E-state index in [1.807, 2.05) is 6.92 Å². The molecule has 1 amide bonds. The highest BCUT2D eigenvalue weighted by Crippen LogP contribution is 2.46. The Morgan fingerprint density at radius 3 is 2.83 bits per heavy atom. The zero-order chi connectivity index (χ0) is 13.3. The van der Waals surface area contributed by atoms with Crippen molar-refractivity contribution in [1.82, 2.24) is 0 Å². The number of amides is 1. The molecule has 18 heavy (non-hydrogen) atoms. The summed E-state index contributed by atoms with van der Waals surface area (Å²) in [5, 5.41) is 12.5. The Hall–Kier alpha value is -1.05. The monoisotopic (exact) mass is 326 g/mol. The van der Waals surface area contributed by atoms with Crippen molar-refractivity contribution >= 4 is 39.1 Å². The number of halogens is 2. The molecule has 1 aromatic rings. The van der Waals surface area contributed by atoms with Gasteiger partial charge in [0.25, 0.3) is 0 Å². The van der Waals surface area contributed by atoms with Crippen molar-refractivity contribution in [3.05, 3.63) is 27.7 Å². The molecular weight excluding hydrogens is 316 g/mol. The van der Waals surface area contributed by atoms with E-state index in [4.69, 9.17) is 11.6 Å². The van der Waals surface area contributed by atoms with Crippen LogP contribution in [-0.2, 0) is 4.79 Å². The van der Waals surface area contributed by atoms with Crippen molar-refractivity contribution in [3.8, 4) is 6.07 Å². The minimum Gasteiger partial charge on any atom is -0.324 e. The number of hydrogen-bond acceptors (Lipinski definition) is 2. The molecule has 0 aliphatic heterocycles. The van der Waals surface area contributed by atoms with E-state index in [2.05, 4.69) is 27.3 Å². The molecule has 0 spiro atoms. The first kappa shape index (κ1) is 13.4. The number of rotatable bonds is 2. The van der Waals surface area contributed by atoms with E-state index < -0.39 is 5.41 Å². The van der Waals surface area contributed by atoms with Crippen LogP contribution in [0.4, 0.5) is 5.69 Å². The molecule has 0 atom stereocenters. The summed E-state index contributed by atoms with van der Waals surface area (Å²) in [5.41, 5.74) is -0.275. The van der Waals surface area contributed by atoms with Gasteiger partial charge in [-0.2, -0.15) is 5.26 Å². The van der Waals surface area contributed by atoms with Crippen LogP contribution in [0, 0.1) is 22.7 Å². The van der Waals surface area contributed by atoms with Crippen LogP contribution >= 0.6 is 27.5 Å². The first-order valence-electron chi connectivity index (χ1n) is 5.64. The van der Waals surface area contributed by atoms with Crippen molar-refractivity contribution in [3.63, 3.8) is 0 Å². The SMILES string of the molecule is CC1CC(C#N)(C(=O)Nc2cc(Cl)ccc2Br)C1. The molecule has 1 aromatic carbocycles. The van der Waals surface area contributed by atoms with E-state index in [1.165, 1.54) is 0 Å².